The van der Waals surface area contributed by atoms with Crippen LogP contribution in [0.5, 0.6) is 0 Å². The number of carbonyl (C=O) groups is 2. The Kier molecular flexibility index (Phi) is 5.20. The Morgan fingerprint density at radius 3 is 2.71 bits per heavy atom. The zero-order valence-corrected chi connectivity index (χ0v) is 12.3. The highest BCUT2D eigenvalue weighted by atomic mass is 16.4. The average Bonchev–Trinajstić information content (AvgIpc) is 2.98. The maximum Gasteiger partial charge on any atom is 0.317 e. The quantitative estimate of drug-likeness (QED) is 0.874. The first-order valence-electron chi connectivity index (χ1n) is 7.42. The molecular weight excluding hydrogens is 268 g/mol. The molecule has 0 saturated carbocycles. The van der Waals surface area contributed by atoms with Crippen molar-refractivity contribution in [2.24, 2.45) is 5.92 Å². The van der Waals surface area contributed by atoms with Gasteiger partial charge in [0.15, 0.2) is 0 Å². The van der Waals surface area contributed by atoms with Crippen molar-refractivity contribution in [2.75, 3.05) is 19.6 Å². The summed E-state index contributed by atoms with van der Waals surface area (Å²) in [5.74, 6) is -0.999. The predicted molar refractivity (Wildman–Crippen MR) is 80.2 cm³/mol. The van der Waals surface area contributed by atoms with Gasteiger partial charge in [-0.2, -0.15) is 0 Å². The number of nitrogens with one attached hydrogen (secondary N) is 1. The van der Waals surface area contributed by atoms with Crippen molar-refractivity contribution in [3.8, 4) is 0 Å². The van der Waals surface area contributed by atoms with Crippen molar-refractivity contribution in [1.29, 1.82) is 0 Å². The molecule has 1 fully saturated rings. The molecule has 2 unspecified atom stereocenters. The number of urea groups is 1. The largest absolute Gasteiger partial charge is 0.481 e. The minimum absolute atomic E-state index is 0.159. The number of hydrogen-bond acceptors (Lipinski definition) is 2. The molecule has 1 aliphatic rings. The van der Waals surface area contributed by atoms with Gasteiger partial charge in [0.1, 0.15) is 0 Å². The second kappa shape index (κ2) is 7.11. The van der Waals surface area contributed by atoms with Crippen LogP contribution in [-0.4, -0.2) is 41.6 Å². The third kappa shape index (κ3) is 3.97. The molecule has 114 valence electrons. The molecule has 2 N–H and O–H groups in total. The van der Waals surface area contributed by atoms with Crippen LogP contribution < -0.4 is 5.32 Å². The van der Waals surface area contributed by atoms with Gasteiger partial charge in [0.2, 0.25) is 0 Å². The van der Waals surface area contributed by atoms with Crippen LogP contribution in [0.1, 0.15) is 31.2 Å². The summed E-state index contributed by atoms with van der Waals surface area (Å²) in [4.78, 5) is 24.8. The highest BCUT2D eigenvalue weighted by Gasteiger charge is 2.27. The molecule has 1 saturated heterocycles. The van der Waals surface area contributed by atoms with Crippen LogP contribution in [0.2, 0.25) is 0 Å². The van der Waals surface area contributed by atoms with E-state index in [1.54, 1.807) is 4.90 Å². The fourth-order valence-corrected chi connectivity index (χ4v) is 2.67. The molecule has 1 heterocycles. The van der Waals surface area contributed by atoms with Crippen LogP contribution in [0.25, 0.3) is 0 Å². The number of carboxylic acid groups (broad SMARTS) is 1. The van der Waals surface area contributed by atoms with Gasteiger partial charge in [0, 0.05) is 25.6 Å². The molecular formula is C16H22N2O3. The molecule has 1 aromatic rings. The smallest absolute Gasteiger partial charge is 0.317 e. The Balaban J connectivity index is 1.84. The molecule has 21 heavy (non-hydrogen) atoms. The Bertz CT molecular complexity index is 490. The standard InChI is InChI=1S/C16H22N2O3/c1-2-12(15(19)20)10-17-16(21)18-9-8-14(11-18)13-6-4-3-5-7-13/h3-7,12,14H,2,8-11H2,1H3,(H,17,21)(H,19,20). The molecule has 2 amide bonds. The van der Waals surface area contributed by atoms with Gasteiger partial charge in [-0.25, -0.2) is 4.79 Å². The maximum absolute atomic E-state index is 12.1. The lowest BCUT2D eigenvalue weighted by Gasteiger charge is -2.19. The van der Waals surface area contributed by atoms with Crippen LogP contribution in [0.15, 0.2) is 30.3 Å². The molecule has 5 heteroatoms. The van der Waals surface area contributed by atoms with Gasteiger partial charge in [0.25, 0.3) is 0 Å². The number of rotatable bonds is 5. The Morgan fingerprint density at radius 2 is 2.10 bits per heavy atom. The topological polar surface area (TPSA) is 69.6 Å². The second-order valence-electron chi connectivity index (χ2n) is 5.47. The molecule has 0 aliphatic carbocycles. The summed E-state index contributed by atoms with van der Waals surface area (Å²) in [6, 6.07) is 10.0. The summed E-state index contributed by atoms with van der Waals surface area (Å²) in [5, 5.41) is 11.7. The first-order chi connectivity index (χ1) is 10.1. The van der Waals surface area contributed by atoms with E-state index in [2.05, 4.69) is 17.4 Å². The molecule has 1 aliphatic heterocycles. The zero-order valence-electron chi connectivity index (χ0n) is 12.3. The minimum Gasteiger partial charge on any atom is -0.481 e. The molecule has 5 nitrogen and oxygen atoms in total. The number of likely N-dealkylation sites (tertiary alicyclic amines) is 1. The SMILES string of the molecule is CCC(CNC(=O)N1CCC(c2ccccc2)C1)C(=O)O. The van der Waals surface area contributed by atoms with E-state index in [4.69, 9.17) is 5.11 Å². The zero-order chi connectivity index (χ0) is 15.2. The van der Waals surface area contributed by atoms with E-state index in [9.17, 15) is 9.59 Å². The fraction of sp³-hybridized carbons (Fsp3) is 0.500. The Labute approximate surface area is 125 Å². The Morgan fingerprint density at radius 1 is 1.38 bits per heavy atom. The van der Waals surface area contributed by atoms with Crippen LogP contribution >= 0.6 is 0 Å². The summed E-state index contributed by atoms with van der Waals surface area (Å²) < 4.78 is 0. The van der Waals surface area contributed by atoms with Crippen molar-refractivity contribution in [2.45, 2.75) is 25.7 Å². The lowest BCUT2D eigenvalue weighted by molar-refractivity contribution is -0.141. The van der Waals surface area contributed by atoms with E-state index in [1.807, 2.05) is 25.1 Å². The fourth-order valence-electron chi connectivity index (χ4n) is 2.67. The van der Waals surface area contributed by atoms with Crippen molar-refractivity contribution < 1.29 is 14.7 Å². The molecule has 2 atom stereocenters. The minimum atomic E-state index is -0.860. The predicted octanol–water partition coefficient (Wildman–Crippen LogP) is 2.30. The molecule has 0 bridgehead atoms. The number of benzene rings is 1. The lowest BCUT2D eigenvalue weighted by atomic mass is 9.99. The third-order valence-electron chi connectivity index (χ3n) is 4.09. The van der Waals surface area contributed by atoms with Gasteiger partial charge in [-0.3, -0.25) is 4.79 Å². The highest BCUT2D eigenvalue weighted by molar-refractivity contribution is 5.76. The number of hydrogen-bond donors (Lipinski definition) is 2. The van der Waals surface area contributed by atoms with Gasteiger partial charge in [-0.05, 0) is 18.4 Å². The van der Waals surface area contributed by atoms with E-state index in [0.29, 0.717) is 18.9 Å². The van der Waals surface area contributed by atoms with Crippen LogP contribution in [0, 0.1) is 5.92 Å². The summed E-state index contributed by atoms with van der Waals surface area (Å²) in [7, 11) is 0. The number of nitrogens with zero attached hydrogens (tertiary/aromatic N) is 1. The number of carbonyl (C=O) groups excluding carboxylic acids is 1. The van der Waals surface area contributed by atoms with E-state index in [-0.39, 0.29) is 12.6 Å². The Hall–Kier alpha value is -2.04. The summed E-state index contributed by atoms with van der Waals surface area (Å²) >= 11 is 0. The van der Waals surface area contributed by atoms with Crippen molar-refractivity contribution >= 4 is 12.0 Å². The highest BCUT2D eigenvalue weighted by Crippen LogP contribution is 2.26. The summed E-state index contributed by atoms with van der Waals surface area (Å²) in [6.07, 6.45) is 1.47. The number of carboxylic acids is 1. The molecule has 1 aromatic carbocycles. The first kappa shape index (κ1) is 15.4. The first-order valence-corrected chi connectivity index (χ1v) is 7.42. The van der Waals surface area contributed by atoms with Crippen LogP contribution in [0.3, 0.4) is 0 Å². The van der Waals surface area contributed by atoms with Gasteiger partial charge >= 0.3 is 12.0 Å². The number of amides is 2. The van der Waals surface area contributed by atoms with Crippen molar-refractivity contribution in [3.63, 3.8) is 0 Å². The molecule has 0 spiro atoms. The normalized spacial score (nSPS) is 19.3. The summed E-state index contributed by atoms with van der Waals surface area (Å²) in [6.45, 7) is 3.42. The second-order valence-corrected chi connectivity index (χ2v) is 5.47. The van der Waals surface area contributed by atoms with E-state index < -0.39 is 11.9 Å². The van der Waals surface area contributed by atoms with Gasteiger partial charge in [-0.15, -0.1) is 0 Å². The van der Waals surface area contributed by atoms with Gasteiger partial charge in [-0.1, -0.05) is 37.3 Å². The maximum atomic E-state index is 12.1. The van der Waals surface area contributed by atoms with E-state index in [1.165, 1.54) is 5.56 Å². The molecule has 0 aromatic heterocycles. The number of aliphatic carboxylic acids is 1. The monoisotopic (exact) mass is 290 g/mol. The lowest BCUT2D eigenvalue weighted by Crippen LogP contribution is -2.41. The van der Waals surface area contributed by atoms with Crippen molar-refractivity contribution in [1.82, 2.24) is 10.2 Å². The van der Waals surface area contributed by atoms with E-state index >= 15 is 0 Å². The summed E-state index contributed by atoms with van der Waals surface area (Å²) in [5.41, 5.74) is 1.25. The average molecular weight is 290 g/mol. The van der Waals surface area contributed by atoms with Gasteiger partial charge < -0.3 is 15.3 Å². The molecule has 2 rings (SSSR count). The third-order valence-corrected chi connectivity index (χ3v) is 4.09. The van der Waals surface area contributed by atoms with Gasteiger partial charge in [0.05, 0.1) is 5.92 Å². The molecule has 0 radical (unpaired) electrons. The van der Waals surface area contributed by atoms with Crippen molar-refractivity contribution in [3.05, 3.63) is 35.9 Å². The van der Waals surface area contributed by atoms with E-state index in [0.717, 1.165) is 13.0 Å². The van der Waals surface area contributed by atoms with Crippen LogP contribution in [0.4, 0.5) is 4.79 Å². The van der Waals surface area contributed by atoms with Crippen LogP contribution in [-0.2, 0) is 4.79 Å².